The van der Waals surface area contributed by atoms with Crippen LogP contribution < -0.4 is 10.1 Å². The van der Waals surface area contributed by atoms with Crippen molar-refractivity contribution in [2.75, 3.05) is 13.7 Å². The molecular weight excluding hydrogens is 260 g/mol. The molecule has 2 N–H and O–H groups in total. The maximum atomic E-state index is 11.9. The summed E-state index contributed by atoms with van der Waals surface area (Å²) >= 11 is 0. The average Bonchev–Trinajstić information content (AvgIpc) is 2.97. The van der Waals surface area contributed by atoms with Crippen molar-refractivity contribution in [3.63, 3.8) is 0 Å². The minimum absolute atomic E-state index is 0.149. The normalized spacial score (nSPS) is 10.2. The van der Waals surface area contributed by atoms with E-state index in [4.69, 9.17) is 4.74 Å². The number of aryl methyl sites for hydroxylation is 1. The number of phenols is 1. The molecule has 0 aliphatic carbocycles. The van der Waals surface area contributed by atoms with Crippen molar-refractivity contribution >= 4 is 5.91 Å². The maximum Gasteiger partial charge on any atom is 0.255 e. The number of nitrogens with zero attached hydrogens (tertiary/aromatic N) is 3. The number of aromatic nitrogens is 3. The Morgan fingerprint density at radius 2 is 2.35 bits per heavy atom. The van der Waals surface area contributed by atoms with Crippen LogP contribution in [-0.2, 0) is 6.54 Å². The van der Waals surface area contributed by atoms with E-state index in [-0.39, 0.29) is 23.0 Å². The van der Waals surface area contributed by atoms with Gasteiger partial charge < -0.3 is 15.2 Å². The molecule has 0 saturated heterocycles. The summed E-state index contributed by atoms with van der Waals surface area (Å²) in [4.78, 5) is 11.9. The van der Waals surface area contributed by atoms with Crippen molar-refractivity contribution in [3.8, 4) is 11.5 Å². The van der Waals surface area contributed by atoms with Gasteiger partial charge in [0.05, 0.1) is 18.9 Å². The number of phenolic OH excluding ortho intramolecular Hbond substituents is 1. The van der Waals surface area contributed by atoms with Gasteiger partial charge in [0.15, 0.2) is 11.5 Å². The molecule has 20 heavy (non-hydrogen) atoms. The first kappa shape index (κ1) is 13.9. The Hall–Kier alpha value is -2.57. The molecular formula is C13H16N4O3. The first-order valence-corrected chi connectivity index (χ1v) is 6.20. The highest BCUT2D eigenvalue weighted by atomic mass is 16.5. The number of carbonyl (C=O) groups is 1. The lowest BCUT2D eigenvalue weighted by Gasteiger charge is -2.09. The van der Waals surface area contributed by atoms with Crippen molar-refractivity contribution < 1.29 is 14.6 Å². The van der Waals surface area contributed by atoms with Crippen LogP contribution in [0.3, 0.4) is 0 Å². The first-order chi connectivity index (χ1) is 9.72. The lowest BCUT2D eigenvalue weighted by molar-refractivity contribution is 0.0949. The molecule has 7 heteroatoms. The summed E-state index contributed by atoms with van der Waals surface area (Å²) in [6.45, 7) is 1.15. The predicted molar refractivity (Wildman–Crippen MR) is 71.6 cm³/mol. The minimum atomic E-state index is -0.333. The molecule has 2 aromatic rings. The summed E-state index contributed by atoms with van der Waals surface area (Å²) in [5.74, 6) is -0.205. The van der Waals surface area contributed by atoms with Gasteiger partial charge in [0.25, 0.3) is 5.91 Å². The molecule has 0 radical (unpaired) electrons. The van der Waals surface area contributed by atoms with Gasteiger partial charge >= 0.3 is 0 Å². The van der Waals surface area contributed by atoms with E-state index in [9.17, 15) is 9.90 Å². The number of carbonyl (C=O) groups excluding carboxylic acids is 1. The number of amides is 1. The fraction of sp³-hybridized carbons (Fsp3) is 0.308. The summed E-state index contributed by atoms with van der Waals surface area (Å²) in [7, 11) is 1.44. The lowest BCUT2D eigenvalue weighted by Crippen LogP contribution is -2.25. The standard InChI is InChI=1S/C13H16N4O3/c1-20-11-5-2-4-10(12(11)18)13(19)14-6-3-8-17-9-7-15-16-17/h2,4-5,7,9,18H,3,6,8H2,1H3,(H,14,19). The second kappa shape index (κ2) is 6.55. The van der Waals surface area contributed by atoms with E-state index in [1.54, 1.807) is 35.3 Å². The van der Waals surface area contributed by atoms with Gasteiger partial charge in [-0.2, -0.15) is 0 Å². The molecule has 1 heterocycles. The molecule has 1 aromatic carbocycles. The van der Waals surface area contributed by atoms with Gasteiger partial charge in [-0.15, -0.1) is 5.10 Å². The molecule has 0 saturated carbocycles. The zero-order chi connectivity index (χ0) is 14.4. The molecule has 106 valence electrons. The summed E-state index contributed by atoms with van der Waals surface area (Å²) in [6, 6.07) is 4.80. The number of hydrogen-bond donors (Lipinski definition) is 2. The van der Waals surface area contributed by atoms with E-state index in [0.717, 1.165) is 6.42 Å². The lowest BCUT2D eigenvalue weighted by atomic mass is 10.1. The van der Waals surface area contributed by atoms with Crippen LogP contribution in [0.4, 0.5) is 0 Å². The van der Waals surface area contributed by atoms with Gasteiger partial charge in [-0.1, -0.05) is 11.3 Å². The van der Waals surface area contributed by atoms with Crippen molar-refractivity contribution in [1.82, 2.24) is 20.3 Å². The third-order valence-corrected chi connectivity index (χ3v) is 2.79. The molecule has 0 aliphatic rings. The van der Waals surface area contributed by atoms with Crippen molar-refractivity contribution in [2.24, 2.45) is 0 Å². The Morgan fingerprint density at radius 1 is 1.50 bits per heavy atom. The Labute approximate surface area is 116 Å². The molecule has 0 spiro atoms. The highest BCUT2D eigenvalue weighted by Gasteiger charge is 2.13. The monoisotopic (exact) mass is 276 g/mol. The van der Waals surface area contributed by atoms with E-state index in [1.165, 1.54) is 7.11 Å². The second-order valence-corrected chi connectivity index (χ2v) is 4.13. The fourth-order valence-electron chi connectivity index (χ4n) is 1.76. The van der Waals surface area contributed by atoms with Crippen molar-refractivity contribution in [2.45, 2.75) is 13.0 Å². The van der Waals surface area contributed by atoms with Gasteiger partial charge in [-0.05, 0) is 18.6 Å². The zero-order valence-electron chi connectivity index (χ0n) is 11.1. The Morgan fingerprint density at radius 3 is 3.05 bits per heavy atom. The predicted octanol–water partition coefficient (Wildman–Crippen LogP) is 0.812. The van der Waals surface area contributed by atoms with E-state index in [1.807, 2.05) is 0 Å². The van der Waals surface area contributed by atoms with Crippen LogP contribution >= 0.6 is 0 Å². The summed E-state index contributed by atoms with van der Waals surface area (Å²) < 4.78 is 6.65. The van der Waals surface area contributed by atoms with Gasteiger partial charge in [-0.25, -0.2) is 0 Å². The molecule has 2 rings (SSSR count). The van der Waals surface area contributed by atoms with Crippen LogP contribution in [0.5, 0.6) is 11.5 Å². The summed E-state index contributed by atoms with van der Waals surface area (Å²) in [5, 5.41) is 20.1. The van der Waals surface area contributed by atoms with Crippen molar-refractivity contribution in [3.05, 3.63) is 36.2 Å². The summed E-state index contributed by atoms with van der Waals surface area (Å²) in [5.41, 5.74) is 0.199. The van der Waals surface area contributed by atoms with Crippen LogP contribution in [0.2, 0.25) is 0 Å². The first-order valence-electron chi connectivity index (χ1n) is 6.20. The molecule has 0 aliphatic heterocycles. The van der Waals surface area contributed by atoms with Crippen molar-refractivity contribution in [1.29, 1.82) is 0 Å². The van der Waals surface area contributed by atoms with E-state index in [2.05, 4.69) is 15.6 Å². The average molecular weight is 276 g/mol. The number of benzene rings is 1. The molecule has 1 aromatic heterocycles. The van der Waals surface area contributed by atoms with Crippen LogP contribution in [0, 0.1) is 0 Å². The molecule has 0 fully saturated rings. The molecule has 1 amide bonds. The maximum absolute atomic E-state index is 11.9. The largest absolute Gasteiger partial charge is 0.504 e. The number of para-hydroxylation sites is 1. The molecule has 0 bridgehead atoms. The summed E-state index contributed by atoms with van der Waals surface area (Å²) in [6.07, 6.45) is 4.09. The van der Waals surface area contributed by atoms with E-state index < -0.39 is 0 Å². The highest BCUT2D eigenvalue weighted by molar-refractivity contribution is 5.97. The number of hydrogen-bond acceptors (Lipinski definition) is 5. The van der Waals surface area contributed by atoms with E-state index >= 15 is 0 Å². The highest BCUT2D eigenvalue weighted by Crippen LogP contribution is 2.29. The minimum Gasteiger partial charge on any atom is -0.504 e. The quantitative estimate of drug-likeness (QED) is 0.762. The Bertz CT molecular complexity index is 569. The fourth-order valence-corrected chi connectivity index (χ4v) is 1.76. The van der Waals surface area contributed by atoms with Gasteiger partial charge in [0, 0.05) is 19.3 Å². The van der Waals surface area contributed by atoms with Gasteiger partial charge in [0.2, 0.25) is 0 Å². The SMILES string of the molecule is COc1cccc(C(=O)NCCCn2ccnn2)c1O. The number of methoxy groups -OCH3 is 1. The zero-order valence-corrected chi connectivity index (χ0v) is 11.1. The number of rotatable bonds is 6. The van der Waals surface area contributed by atoms with Crippen LogP contribution in [-0.4, -0.2) is 39.7 Å². The third kappa shape index (κ3) is 3.25. The third-order valence-electron chi connectivity index (χ3n) is 2.79. The number of nitrogens with one attached hydrogen (secondary N) is 1. The van der Waals surface area contributed by atoms with Gasteiger partial charge in [0.1, 0.15) is 0 Å². The van der Waals surface area contributed by atoms with Crippen LogP contribution in [0.1, 0.15) is 16.8 Å². The molecule has 0 atom stereocenters. The van der Waals surface area contributed by atoms with Crippen LogP contribution in [0.25, 0.3) is 0 Å². The van der Waals surface area contributed by atoms with Crippen LogP contribution in [0.15, 0.2) is 30.6 Å². The van der Waals surface area contributed by atoms with E-state index in [0.29, 0.717) is 13.1 Å². The molecule has 0 unspecified atom stereocenters. The smallest absolute Gasteiger partial charge is 0.255 e. The Balaban J connectivity index is 1.86. The Kier molecular flexibility index (Phi) is 4.54. The second-order valence-electron chi connectivity index (χ2n) is 4.13. The number of ether oxygens (including phenoxy) is 1. The van der Waals surface area contributed by atoms with Gasteiger partial charge in [-0.3, -0.25) is 9.48 Å². The topological polar surface area (TPSA) is 89.3 Å². The molecule has 7 nitrogen and oxygen atoms in total. The number of aromatic hydroxyl groups is 1.